The summed E-state index contributed by atoms with van der Waals surface area (Å²) < 4.78 is 26.9. The van der Waals surface area contributed by atoms with Crippen molar-refractivity contribution in [3.63, 3.8) is 0 Å². The van der Waals surface area contributed by atoms with E-state index in [4.69, 9.17) is 0 Å². The zero-order valence-electron chi connectivity index (χ0n) is 11.4. The van der Waals surface area contributed by atoms with E-state index in [0.717, 1.165) is 31.5 Å². The van der Waals surface area contributed by atoms with Gasteiger partial charge in [-0.2, -0.15) is 0 Å². The first kappa shape index (κ1) is 15.4. The average Bonchev–Trinajstić information content (AvgIpc) is 2.32. The Morgan fingerprint density at radius 1 is 1.45 bits per heavy atom. The molecular weight excluding hydrogens is 330 g/mol. The van der Waals surface area contributed by atoms with Crippen LogP contribution in [0.3, 0.4) is 0 Å². The number of nitrogens with one attached hydrogen (secondary N) is 2. The zero-order chi connectivity index (χ0) is 14.9. The highest BCUT2D eigenvalue weighted by Crippen LogP contribution is 2.32. The highest BCUT2D eigenvalue weighted by atomic mass is 79.9. The molecule has 1 amide bonds. The molecule has 110 valence electrons. The third-order valence-corrected chi connectivity index (χ3v) is 4.27. The van der Waals surface area contributed by atoms with Crippen molar-refractivity contribution in [3.05, 3.63) is 28.2 Å². The molecule has 1 atom stereocenters. The first-order valence-electron chi connectivity index (χ1n) is 6.50. The van der Waals surface area contributed by atoms with Gasteiger partial charge in [-0.1, -0.05) is 13.8 Å². The van der Waals surface area contributed by atoms with E-state index in [0.29, 0.717) is 0 Å². The fraction of sp³-hybridized carbons (Fsp3) is 0.500. The maximum Gasteiger partial charge on any atom is 0.242 e. The van der Waals surface area contributed by atoms with E-state index < -0.39 is 17.7 Å². The molecule has 0 bridgehead atoms. The van der Waals surface area contributed by atoms with Crippen LogP contribution in [-0.2, 0) is 4.79 Å². The fourth-order valence-electron chi connectivity index (χ4n) is 2.52. The van der Waals surface area contributed by atoms with Gasteiger partial charge in [-0.3, -0.25) is 4.79 Å². The monoisotopic (exact) mass is 346 g/mol. The summed E-state index contributed by atoms with van der Waals surface area (Å²) in [7, 11) is 0. The molecule has 0 aromatic heterocycles. The molecule has 1 aromatic carbocycles. The molecule has 1 aromatic rings. The topological polar surface area (TPSA) is 41.1 Å². The van der Waals surface area contributed by atoms with Gasteiger partial charge in [0, 0.05) is 10.5 Å². The highest BCUT2D eigenvalue weighted by Gasteiger charge is 2.37. The van der Waals surface area contributed by atoms with Crippen LogP contribution in [0, 0.1) is 17.0 Å². The number of halogens is 3. The molecule has 1 heterocycles. The molecule has 0 radical (unpaired) electrons. The van der Waals surface area contributed by atoms with Gasteiger partial charge in [0.05, 0.1) is 11.7 Å². The quantitative estimate of drug-likeness (QED) is 0.861. The second-order valence-electron chi connectivity index (χ2n) is 5.71. The lowest BCUT2D eigenvalue weighted by Gasteiger charge is -2.38. The molecule has 3 nitrogen and oxygen atoms in total. The van der Waals surface area contributed by atoms with Gasteiger partial charge in [0.2, 0.25) is 5.91 Å². The van der Waals surface area contributed by atoms with Crippen molar-refractivity contribution in [1.29, 1.82) is 0 Å². The molecule has 1 fully saturated rings. The van der Waals surface area contributed by atoms with Crippen molar-refractivity contribution >= 4 is 27.5 Å². The first-order chi connectivity index (χ1) is 9.31. The third kappa shape index (κ3) is 3.17. The largest absolute Gasteiger partial charge is 0.321 e. The van der Waals surface area contributed by atoms with Crippen molar-refractivity contribution in [2.24, 2.45) is 5.41 Å². The van der Waals surface area contributed by atoms with Crippen LogP contribution in [0.4, 0.5) is 14.5 Å². The van der Waals surface area contributed by atoms with E-state index in [2.05, 4.69) is 26.6 Å². The normalized spacial score (nSPS) is 21.6. The van der Waals surface area contributed by atoms with Crippen LogP contribution in [0.1, 0.15) is 26.7 Å². The van der Waals surface area contributed by atoms with Crippen LogP contribution in [0.5, 0.6) is 0 Å². The number of rotatable bonds is 2. The molecular formula is C14H17BrF2N2O. The molecule has 1 unspecified atom stereocenters. The zero-order valence-corrected chi connectivity index (χ0v) is 13.0. The lowest BCUT2D eigenvalue weighted by atomic mass is 9.77. The summed E-state index contributed by atoms with van der Waals surface area (Å²) in [5.74, 6) is -1.79. The SMILES string of the molecule is CC1(C)CCCNC1C(=O)Nc1c(F)cc(F)cc1Br. The minimum atomic E-state index is -0.793. The number of anilines is 1. The predicted octanol–water partition coefficient (Wildman–Crippen LogP) is 3.44. The Bertz CT molecular complexity index is 511. The smallest absolute Gasteiger partial charge is 0.242 e. The second kappa shape index (κ2) is 5.77. The van der Waals surface area contributed by atoms with Crippen molar-refractivity contribution in [3.8, 4) is 0 Å². The first-order valence-corrected chi connectivity index (χ1v) is 7.29. The lowest BCUT2D eigenvalue weighted by Crippen LogP contribution is -2.53. The van der Waals surface area contributed by atoms with Crippen LogP contribution in [-0.4, -0.2) is 18.5 Å². The molecule has 1 aliphatic rings. The molecule has 1 aliphatic heterocycles. The van der Waals surface area contributed by atoms with Crippen molar-refractivity contribution in [2.45, 2.75) is 32.7 Å². The third-order valence-electron chi connectivity index (χ3n) is 3.65. The van der Waals surface area contributed by atoms with Gasteiger partial charge >= 0.3 is 0 Å². The van der Waals surface area contributed by atoms with Crippen molar-refractivity contribution in [2.75, 3.05) is 11.9 Å². The Morgan fingerprint density at radius 3 is 2.75 bits per heavy atom. The highest BCUT2D eigenvalue weighted by molar-refractivity contribution is 9.10. The van der Waals surface area contributed by atoms with Gasteiger partial charge in [-0.15, -0.1) is 0 Å². The van der Waals surface area contributed by atoms with Crippen LogP contribution >= 0.6 is 15.9 Å². The van der Waals surface area contributed by atoms with E-state index in [1.54, 1.807) is 0 Å². The van der Waals surface area contributed by atoms with Crippen molar-refractivity contribution < 1.29 is 13.6 Å². The minimum Gasteiger partial charge on any atom is -0.321 e. The van der Waals surface area contributed by atoms with Gasteiger partial charge in [-0.25, -0.2) is 8.78 Å². The summed E-state index contributed by atoms with van der Waals surface area (Å²) in [6, 6.07) is 1.48. The van der Waals surface area contributed by atoms with E-state index >= 15 is 0 Å². The van der Waals surface area contributed by atoms with E-state index in [1.165, 1.54) is 0 Å². The molecule has 2 N–H and O–H groups in total. The summed E-state index contributed by atoms with van der Waals surface area (Å²) in [5.41, 5.74) is -0.231. The predicted molar refractivity (Wildman–Crippen MR) is 77.5 cm³/mol. The summed E-state index contributed by atoms with van der Waals surface area (Å²) in [4.78, 5) is 12.3. The van der Waals surface area contributed by atoms with Gasteiger partial charge in [0.25, 0.3) is 0 Å². The lowest BCUT2D eigenvalue weighted by molar-refractivity contribution is -0.121. The number of hydrogen-bond acceptors (Lipinski definition) is 2. The minimum absolute atomic E-state index is 0.0282. The number of carbonyl (C=O) groups is 1. The van der Waals surface area contributed by atoms with Gasteiger partial charge in [-0.05, 0) is 46.8 Å². The summed E-state index contributed by atoms with van der Waals surface area (Å²) in [6.45, 7) is 4.76. The number of hydrogen-bond donors (Lipinski definition) is 2. The Morgan fingerprint density at radius 2 is 2.15 bits per heavy atom. The Kier molecular flexibility index (Phi) is 4.44. The van der Waals surface area contributed by atoms with Gasteiger partial charge in [0.15, 0.2) is 5.82 Å². The van der Waals surface area contributed by atoms with Gasteiger partial charge in [0.1, 0.15) is 5.82 Å². The number of carbonyl (C=O) groups excluding carboxylic acids is 1. The van der Waals surface area contributed by atoms with Crippen LogP contribution in [0.25, 0.3) is 0 Å². The molecule has 6 heteroatoms. The van der Waals surface area contributed by atoms with Crippen LogP contribution in [0.2, 0.25) is 0 Å². The Hall–Kier alpha value is -1.01. The number of piperidine rings is 1. The maximum absolute atomic E-state index is 13.7. The summed E-state index contributed by atoms with van der Waals surface area (Å²) in [6.07, 6.45) is 1.93. The standard InChI is InChI=1S/C14H17BrF2N2O/c1-14(2)4-3-5-18-12(14)13(20)19-11-9(15)6-8(16)7-10(11)17/h6-7,12,18H,3-5H2,1-2H3,(H,19,20). The Labute approximate surface area is 125 Å². The van der Waals surface area contributed by atoms with E-state index in [1.807, 2.05) is 13.8 Å². The molecule has 1 saturated heterocycles. The summed E-state index contributed by atoms with van der Waals surface area (Å²) >= 11 is 3.06. The Balaban J connectivity index is 2.20. The van der Waals surface area contributed by atoms with Crippen LogP contribution < -0.4 is 10.6 Å². The van der Waals surface area contributed by atoms with E-state index in [9.17, 15) is 13.6 Å². The van der Waals surface area contributed by atoms with E-state index in [-0.39, 0.29) is 21.5 Å². The van der Waals surface area contributed by atoms with Crippen LogP contribution in [0.15, 0.2) is 16.6 Å². The molecule has 20 heavy (non-hydrogen) atoms. The maximum atomic E-state index is 13.7. The molecule has 0 aliphatic carbocycles. The fourth-order valence-corrected chi connectivity index (χ4v) is 3.02. The number of amides is 1. The molecule has 0 saturated carbocycles. The second-order valence-corrected chi connectivity index (χ2v) is 6.57. The summed E-state index contributed by atoms with van der Waals surface area (Å²) in [5, 5.41) is 5.70. The van der Waals surface area contributed by atoms with Crippen molar-refractivity contribution in [1.82, 2.24) is 5.32 Å². The molecule has 2 rings (SSSR count). The number of benzene rings is 1. The molecule has 0 spiro atoms. The van der Waals surface area contributed by atoms with Gasteiger partial charge < -0.3 is 10.6 Å². The average molecular weight is 347 g/mol.